The van der Waals surface area contributed by atoms with Gasteiger partial charge in [0.05, 0.1) is 13.2 Å². The monoisotopic (exact) mass is 238 g/mol. The number of hydrogen-bond donors (Lipinski definition) is 0. The second kappa shape index (κ2) is 10.5. The minimum absolute atomic E-state index is 0.0519. The maximum Gasteiger partial charge on any atom is 0.384 e. The first-order valence-electron chi connectivity index (χ1n) is 5.09. The molecule has 0 aliphatic heterocycles. The molecule has 17 heavy (non-hydrogen) atoms. The van der Waals surface area contributed by atoms with Crippen LogP contribution in [0, 0.1) is 23.7 Å². The van der Waals surface area contributed by atoms with Crippen LogP contribution in [-0.4, -0.2) is 38.4 Å². The molecule has 0 fully saturated rings. The largest absolute Gasteiger partial charge is 0.456 e. The predicted molar refractivity (Wildman–Crippen MR) is 59.6 cm³/mol. The smallest absolute Gasteiger partial charge is 0.384 e. The van der Waals surface area contributed by atoms with Crippen molar-refractivity contribution in [2.24, 2.45) is 0 Å². The van der Waals surface area contributed by atoms with E-state index in [1.165, 1.54) is 0 Å². The van der Waals surface area contributed by atoms with E-state index in [0.29, 0.717) is 13.2 Å². The Bertz CT molecular complexity index is 328. The molecule has 0 radical (unpaired) electrons. The Kier molecular flexibility index (Phi) is 9.31. The fourth-order valence-corrected chi connectivity index (χ4v) is 0.704. The molecule has 5 heteroatoms. The molecule has 0 bridgehead atoms. The quantitative estimate of drug-likeness (QED) is 0.301. The summed E-state index contributed by atoms with van der Waals surface area (Å²) in [7, 11) is 0. The van der Waals surface area contributed by atoms with Crippen molar-refractivity contribution in [1.82, 2.24) is 0 Å². The van der Waals surface area contributed by atoms with Crippen molar-refractivity contribution in [1.29, 1.82) is 0 Å². The van der Waals surface area contributed by atoms with Crippen LogP contribution in [0.4, 0.5) is 0 Å². The maximum absolute atomic E-state index is 10.8. The third-order valence-electron chi connectivity index (χ3n) is 1.28. The molecule has 0 unspecified atom stereocenters. The average molecular weight is 238 g/mol. The van der Waals surface area contributed by atoms with Crippen LogP contribution in [0.1, 0.15) is 13.8 Å². The highest BCUT2D eigenvalue weighted by atomic mass is 16.5. The van der Waals surface area contributed by atoms with E-state index in [0.717, 1.165) is 0 Å². The fourth-order valence-electron chi connectivity index (χ4n) is 0.704. The molecule has 0 aromatic carbocycles. The molecule has 0 N–H and O–H groups in total. The van der Waals surface area contributed by atoms with Crippen LogP contribution in [0.5, 0.6) is 0 Å². The van der Waals surface area contributed by atoms with Crippen molar-refractivity contribution in [2.75, 3.05) is 26.4 Å². The minimum atomic E-state index is -0.589. The molecule has 92 valence electrons. The first-order valence-corrected chi connectivity index (χ1v) is 5.09. The normalized spacial score (nSPS) is 8.12. The highest BCUT2D eigenvalue weighted by Crippen LogP contribution is 1.77. The van der Waals surface area contributed by atoms with E-state index in [2.05, 4.69) is 33.2 Å². The lowest BCUT2D eigenvalue weighted by Crippen LogP contribution is -2.01. The summed E-state index contributed by atoms with van der Waals surface area (Å²) in [4.78, 5) is 21.5. The molecule has 0 saturated heterocycles. The third kappa shape index (κ3) is 10.3. The third-order valence-corrected chi connectivity index (χ3v) is 1.28. The molecular weight excluding hydrogens is 224 g/mol. The number of carbonyl (C=O) groups is 2. The maximum atomic E-state index is 10.8. The summed E-state index contributed by atoms with van der Waals surface area (Å²) in [5.74, 6) is 8.18. The first kappa shape index (κ1) is 15.0. The zero-order valence-corrected chi connectivity index (χ0v) is 9.87. The molecule has 0 spiro atoms. The molecule has 0 aliphatic carbocycles. The first-order chi connectivity index (χ1) is 8.20. The molecule has 0 aromatic rings. The van der Waals surface area contributed by atoms with Crippen LogP contribution in [0.3, 0.4) is 0 Å². The topological polar surface area (TPSA) is 61.8 Å². The zero-order valence-electron chi connectivity index (χ0n) is 9.87. The second-order valence-electron chi connectivity index (χ2n) is 2.54. The number of carbonyl (C=O) groups excluding carboxylic acids is 2. The lowest BCUT2D eigenvalue weighted by atomic mass is 10.5. The van der Waals surface area contributed by atoms with Crippen LogP contribution in [0.25, 0.3) is 0 Å². The molecule has 0 atom stereocenters. The van der Waals surface area contributed by atoms with Gasteiger partial charge in [-0.3, -0.25) is 0 Å². The summed E-state index contributed by atoms with van der Waals surface area (Å²) >= 11 is 0. The Hall–Kier alpha value is -1.98. The summed E-state index contributed by atoms with van der Waals surface area (Å²) in [5, 5.41) is 0. The molecule has 0 aliphatic rings. The van der Waals surface area contributed by atoms with Crippen molar-refractivity contribution >= 4 is 11.9 Å². The van der Waals surface area contributed by atoms with E-state index < -0.39 is 11.9 Å². The van der Waals surface area contributed by atoms with E-state index in [-0.39, 0.29) is 13.2 Å². The predicted octanol–water partition coefficient (Wildman–Crippen LogP) is 0.136. The van der Waals surface area contributed by atoms with Crippen molar-refractivity contribution in [3.63, 3.8) is 0 Å². The molecule has 0 rings (SSSR count). The Balaban J connectivity index is 3.65. The summed E-state index contributed by atoms with van der Waals surface area (Å²) in [5.41, 5.74) is 0. The number of ether oxygens (including phenoxy) is 3. The van der Waals surface area contributed by atoms with Gasteiger partial charge in [0.25, 0.3) is 0 Å². The van der Waals surface area contributed by atoms with Gasteiger partial charge in [-0.05, 0) is 13.8 Å². The van der Waals surface area contributed by atoms with Gasteiger partial charge in [-0.15, -0.1) is 0 Å². The molecule has 0 aromatic heterocycles. The Morgan fingerprint density at radius 2 is 1.29 bits per heavy atom. The van der Waals surface area contributed by atoms with E-state index in [1.807, 2.05) is 0 Å². The lowest BCUT2D eigenvalue weighted by Gasteiger charge is -1.92. The SMILES string of the molecule is CCOC(=O)C#CCOCC#CC(=O)OCC. The standard InChI is InChI=1S/C12H14O5/c1-3-16-11(13)7-5-9-15-10-6-8-12(14)17-4-2/h3-4,9-10H2,1-2H3. The van der Waals surface area contributed by atoms with Gasteiger partial charge in [-0.1, -0.05) is 11.8 Å². The van der Waals surface area contributed by atoms with Gasteiger partial charge in [0.1, 0.15) is 13.2 Å². The van der Waals surface area contributed by atoms with Crippen molar-refractivity contribution in [2.45, 2.75) is 13.8 Å². The van der Waals surface area contributed by atoms with Crippen molar-refractivity contribution in [3.05, 3.63) is 0 Å². The van der Waals surface area contributed by atoms with E-state index in [9.17, 15) is 9.59 Å². The molecular formula is C12H14O5. The Morgan fingerprint density at radius 3 is 1.65 bits per heavy atom. The van der Waals surface area contributed by atoms with Crippen LogP contribution < -0.4 is 0 Å². The second-order valence-corrected chi connectivity index (χ2v) is 2.54. The van der Waals surface area contributed by atoms with Gasteiger partial charge in [0, 0.05) is 11.8 Å². The highest BCUT2D eigenvalue weighted by Gasteiger charge is 1.92. The van der Waals surface area contributed by atoms with Crippen LogP contribution in [0.15, 0.2) is 0 Å². The summed E-state index contributed by atoms with van der Waals surface area (Å²) in [6.07, 6.45) is 0. The van der Waals surface area contributed by atoms with Gasteiger partial charge in [0.2, 0.25) is 0 Å². The zero-order chi connectivity index (χ0) is 12.9. The van der Waals surface area contributed by atoms with E-state index in [1.54, 1.807) is 13.8 Å². The highest BCUT2D eigenvalue weighted by molar-refractivity contribution is 5.88. The van der Waals surface area contributed by atoms with Crippen molar-refractivity contribution < 1.29 is 23.8 Å². The van der Waals surface area contributed by atoms with Gasteiger partial charge in [-0.2, -0.15) is 0 Å². The van der Waals surface area contributed by atoms with E-state index in [4.69, 9.17) is 4.74 Å². The molecule has 0 heterocycles. The Morgan fingerprint density at radius 1 is 0.882 bits per heavy atom. The Labute approximate surface area is 100 Å². The molecule has 0 saturated carbocycles. The summed E-state index contributed by atoms with van der Waals surface area (Å²) in [6, 6.07) is 0. The van der Waals surface area contributed by atoms with Gasteiger partial charge in [-0.25, -0.2) is 9.59 Å². The number of hydrogen-bond acceptors (Lipinski definition) is 5. The number of esters is 2. The van der Waals surface area contributed by atoms with Gasteiger partial charge < -0.3 is 14.2 Å². The van der Waals surface area contributed by atoms with Gasteiger partial charge >= 0.3 is 11.9 Å². The van der Waals surface area contributed by atoms with Gasteiger partial charge in [0.15, 0.2) is 0 Å². The van der Waals surface area contributed by atoms with E-state index >= 15 is 0 Å². The van der Waals surface area contributed by atoms with Crippen LogP contribution in [-0.2, 0) is 23.8 Å². The minimum Gasteiger partial charge on any atom is -0.456 e. The van der Waals surface area contributed by atoms with Crippen LogP contribution >= 0.6 is 0 Å². The fraction of sp³-hybridized carbons (Fsp3) is 0.500. The molecule has 0 amide bonds. The number of rotatable bonds is 4. The van der Waals surface area contributed by atoms with Crippen molar-refractivity contribution in [3.8, 4) is 23.7 Å². The summed E-state index contributed by atoms with van der Waals surface area (Å²) < 4.78 is 14.1. The average Bonchev–Trinajstić information content (AvgIpc) is 2.28. The summed E-state index contributed by atoms with van der Waals surface area (Å²) in [6.45, 7) is 4.08. The molecule has 5 nitrogen and oxygen atoms in total. The van der Waals surface area contributed by atoms with Crippen LogP contribution in [0.2, 0.25) is 0 Å². The lowest BCUT2D eigenvalue weighted by molar-refractivity contribution is -0.137.